The van der Waals surface area contributed by atoms with E-state index in [0.717, 1.165) is 5.56 Å². The fourth-order valence-corrected chi connectivity index (χ4v) is 1.42. The molecule has 0 aliphatic rings. The zero-order valence-corrected chi connectivity index (χ0v) is 13.5. The molecule has 0 bridgehead atoms. The number of nitrogens with one attached hydrogen (secondary N) is 2. The molecule has 0 saturated carbocycles. The highest BCUT2D eigenvalue weighted by Crippen LogP contribution is 2.18. The quantitative estimate of drug-likeness (QED) is 0.451. The molecule has 0 aliphatic carbocycles. The van der Waals surface area contributed by atoms with Gasteiger partial charge in [-0.15, -0.1) is 24.0 Å². The predicted octanol–water partition coefficient (Wildman–Crippen LogP) is 3.31. The lowest BCUT2D eigenvalue weighted by atomic mass is 10.2. The van der Waals surface area contributed by atoms with Crippen molar-refractivity contribution < 1.29 is 13.2 Å². The van der Waals surface area contributed by atoms with Crippen LogP contribution in [0.3, 0.4) is 0 Å². The fourth-order valence-electron chi connectivity index (χ4n) is 1.42. The van der Waals surface area contributed by atoms with Crippen LogP contribution in [0.25, 0.3) is 0 Å². The van der Waals surface area contributed by atoms with E-state index in [1.54, 1.807) is 0 Å². The molecule has 0 fully saturated rings. The van der Waals surface area contributed by atoms with E-state index in [0.29, 0.717) is 19.0 Å². The number of guanidine groups is 1. The van der Waals surface area contributed by atoms with Crippen LogP contribution in [0.1, 0.15) is 18.9 Å². The molecule has 0 amide bonds. The number of hydrogen-bond acceptors (Lipinski definition) is 1. The zero-order valence-electron chi connectivity index (χ0n) is 11.2. The summed E-state index contributed by atoms with van der Waals surface area (Å²) in [5.74, 6) is 0.399. The Morgan fingerprint density at radius 1 is 1.15 bits per heavy atom. The van der Waals surface area contributed by atoms with Gasteiger partial charge < -0.3 is 10.6 Å². The van der Waals surface area contributed by atoms with E-state index in [2.05, 4.69) is 15.6 Å². The van der Waals surface area contributed by atoms with Crippen molar-refractivity contribution in [3.05, 3.63) is 35.9 Å². The minimum atomic E-state index is -4.15. The molecule has 0 heterocycles. The van der Waals surface area contributed by atoms with Crippen molar-refractivity contribution in [2.75, 3.05) is 13.1 Å². The van der Waals surface area contributed by atoms with Gasteiger partial charge in [-0.2, -0.15) is 13.2 Å². The van der Waals surface area contributed by atoms with Crippen molar-refractivity contribution >= 4 is 29.9 Å². The molecule has 0 saturated heterocycles. The second-order valence-electron chi connectivity index (χ2n) is 3.97. The van der Waals surface area contributed by atoms with Crippen LogP contribution in [-0.2, 0) is 6.54 Å². The first kappa shape index (κ1) is 19.0. The van der Waals surface area contributed by atoms with Gasteiger partial charge in [-0.25, -0.2) is 4.99 Å². The number of nitrogens with zero attached hydrogens (tertiary/aromatic N) is 1. The summed E-state index contributed by atoms with van der Waals surface area (Å²) in [6.45, 7) is 2.72. The van der Waals surface area contributed by atoms with Crippen LogP contribution >= 0.6 is 24.0 Å². The maximum atomic E-state index is 12.0. The third kappa shape index (κ3) is 9.00. The maximum Gasteiger partial charge on any atom is 0.390 e. The highest BCUT2D eigenvalue weighted by molar-refractivity contribution is 14.0. The number of hydrogen-bond donors (Lipinski definition) is 2. The van der Waals surface area contributed by atoms with Gasteiger partial charge in [0.15, 0.2) is 5.96 Å². The standard InChI is InChI=1S/C13H18F3N3.HI/c1-2-17-12(18-9-8-13(14,15)16)19-10-11-6-4-3-5-7-11;/h3-7H,2,8-10H2,1H3,(H2,17,18,19);1H. The van der Waals surface area contributed by atoms with Crippen molar-refractivity contribution in [1.29, 1.82) is 0 Å². The third-order valence-corrected chi connectivity index (χ3v) is 2.31. The molecule has 0 aliphatic heterocycles. The van der Waals surface area contributed by atoms with Crippen LogP contribution in [0, 0.1) is 0 Å². The molecule has 0 spiro atoms. The Balaban J connectivity index is 0.00000361. The van der Waals surface area contributed by atoms with Crippen molar-refractivity contribution in [2.24, 2.45) is 4.99 Å². The Bertz CT molecular complexity index is 394. The van der Waals surface area contributed by atoms with E-state index in [-0.39, 0.29) is 30.5 Å². The third-order valence-electron chi connectivity index (χ3n) is 2.31. The van der Waals surface area contributed by atoms with Gasteiger partial charge in [0.1, 0.15) is 0 Å². The average Bonchev–Trinajstić information content (AvgIpc) is 2.36. The SMILES string of the molecule is CCNC(=NCc1ccccc1)NCCC(F)(F)F.I. The molecular formula is C13H19F3IN3. The number of benzene rings is 1. The minimum absolute atomic E-state index is 0. The predicted molar refractivity (Wildman–Crippen MR) is 85.3 cm³/mol. The molecule has 0 atom stereocenters. The molecular weight excluding hydrogens is 382 g/mol. The fraction of sp³-hybridized carbons (Fsp3) is 0.462. The first-order chi connectivity index (χ1) is 9.01. The Morgan fingerprint density at radius 2 is 1.80 bits per heavy atom. The first-order valence-electron chi connectivity index (χ1n) is 6.14. The zero-order chi connectivity index (χ0) is 14.1. The summed E-state index contributed by atoms with van der Waals surface area (Å²) in [5, 5.41) is 5.58. The summed E-state index contributed by atoms with van der Waals surface area (Å²) in [6, 6.07) is 9.54. The first-order valence-corrected chi connectivity index (χ1v) is 6.14. The average molecular weight is 401 g/mol. The van der Waals surface area contributed by atoms with Gasteiger partial charge in [-0.05, 0) is 12.5 Å². The van der Waals surface area contributed by atoms with Crippen molar-refractivity contribution in [1.82, 2.24) is 10.6 Å². The molecule has 1 aromatic rings. The molecule has 1 aromatic carbocycles. The van der Waals surface area contributed by atoms with Crippen LogP contribution in [0.15, 0.2) is 35.3 Å². The second kappa shape index (κ2) is 9.84. The van der Waals surface area contributed by atoms with Crippen LogP contribution < -0.4 is 10.6 Å². The molecule has 114 valence electrons. The molecule has 0 radical (unpaired) electrons. The topological polar surface area (TPSA) is 36.4 Å². The molecule has 0 aromatic heterocycles. The molecule has 3 nitrogen and oxygen atoms in total. The van der Waals surface area contributed by atoms with Crippen LogP contribution in [0.2, 0.25) is 0 Å². The molecule has 1 rings (SSSR count). The van der Waals surface area contributed by atoms with Crippen LogP contribution in [0.5, 0.6) is 0 Å². The molecule has 0 unspecified atom stereocenters. The van der Waals surface area contributed by atoms with Crippen molar-refractivity contribution in [2.45, 2.75) is 26.1 Å². The van der Waals surface area contributed by atoms with Gasteiger partial charge >= 0.3 is 6.18 Å². The number of aliphatic imine (C=N–C) groups is 1. The Labute approximate surface area is 134 Å². The summed E-state index contributed by atoms with van der Waals surface area (Å²) >= 11 is 0. The van der Waals surface area contributed by atoms with Crippen LogP contribution in [0.4, 0.5) is 13.2 Å². The summed E-state index contributed by atoms with van der Waals surface area (Å²) in [6.07, 6.45) is -5.02. The van der Waals surface area contributed by atoms with Crippen LogP contribution in [-0.4, -0.2) is 25.2 Å². The summed E-state index contributed by atoms with van der Waals surface area (Å²) in [4.78, 5) is 4.23. The Morgan fingerprint density at radius 3 is 2.35 bits per heavy atom. The van der Waals surface area contributed by atoms with E-state index in [1.807, 2.05) is 37.3 Å². The van der Waals surface area contributed by atoms with Gasteiger partial charge in [0.05, 0.1) is 13.0 Å². The van der Waals surface area contributed by atoms with E-state index >= 15 is 0 Å². The summed E-state index contributed by atoms with van der Waals surface area (Å²) in [5.41, 5.74) is 1.01. The number of alkyl halides is 3. The van der Waals surface area contributed by atoms with Crippen molar-refractivity contribution in [3.63, 3.8) is 0 Å². The van der Waals surface area contributed by atoms with Crippen molar-refractivity contribution in [3.8, 4) is 0 Å². The van der Waals surface area contributed by atoms with Gasteiger partial charge in [0.2, 0.25) is 0 Å². The van der Waals surface area contributed by atoms with Gasteiger partial charge in [0, 0.05) is 13.1 Å². The largest absolute Gasteiger partial charge is 0.390 e. The van der Waals surface area contributed by atoms with E-state index in [1.165, 1.54) is 0 Å². The number of halogens is 4. The lowest BCUT2D eigenvalue weighted by Gasteiger charge is -2.12. The lowest BCUT2D eigenvalue weighted by molar-refractivity contribution is -0.132. The van der Waals surface area contributed by atoms with E-state index in [4.69, 9.17) is 0 Å². The van der Waals surface area contributed by atoms with E-state index < -0.39 is 12.6 Å². The highest BCUT2D eigenvalue weighted by atomic mass is 127. The monoisotopic (exact) mass is 401 g/mol. The van der Waals surface area contributed by atoms with Gasteiger partial charge in [0.25, 0.3) is 0 Å². The Hall–Kier alpha value is -0.990. The molecule has 7 heteroatoms. The summed E-state index contributed by atoms with van der Waals surface area (Å²) < 4.78 is 36.1. The minimum Gasteiger partial charge on any atom is -0.357 e. The number of rotatable bonds is 5. The molecule has 2 N–H and O–H groups in total. The summed E-state index contributed by atoms with van der Waals surface area (Å²) in [7, 11) is 0. The lowest BCUT2D eigenvalue weighted by Crippen LogP contribution is -2.38. The molecule has 20 heavy (non-hydrogen) atoms. The highest BCUT2D eigenvalue weighted by Gasteiger charge is 2.26. The smallest absolute Gasteiger partial charge is 0.357 e. The maximum absolute atomic E-state index is 12.0. The second-order valence-corrected chi connectivity index (χ2v) is 3.97. The van der Waals surface area contributed by atoms with E-state index in [9.17, 15) is 13.2 Å². The Kier molecular flexibility index (Phi) is 9.35. The van der Waals surface area contributed by atoms with Gasteiger partial charge in [-0.1, -0.05) is 30.3 Å². The normalized spacial score (nSPS) is 11.7. The van der Waals surface area contributed by atoms with Gasteiger partial charge in [-0.3, -0.25) is 0 Å².